The minimum absolute atomic E-state index is 0.0581. The topological polar surface area (TPSA) is 68.9 Å². The van der Waals surface area contributed by atoms with Crippen molar-refractivity contribution in [2.24, 2.45) is 0 Å². The maximum atomic E-state index is 13.2. The Morgan fingerprint density at radius 2 is 1.72 bits per heavy atom. The Bertz CT molecular complexity index is 1320. The van der Waals surface area contributed by atoms with E-state index < -0.39 is 0 Å². The summed E-state index contributed by atoms with van der Waals surface area (Å²) in [6.45, 7) is 8.47. The van der Waals surface area contributed by atoms with Crippen molar-refractivity contribution in [2.45, 2.75) is 40.2 Å². The molecule has 32 heavy (non-hydrogen) atoms. The van der Waals surface area contributed by atoms with Crippen LogP contribution in [0.1, 0.15) is 35.2 Å². The van der Waals surface area contributed by atoms with Crippen molar-refractivity contribution in [1.82, 2.24) is 19.4 Å². The Kier molecular flexibility index (Phi) is 5.95. The number of rotatable bonds is 6. The van der Waals surface area contributed by atoms with Gasteiger partial charge < -0.3 is 5.32 Å². The highest BCUT2D eigenvalue weighted by atomic mass is 16.2. The molecule has 0 bridgehead atoms. The molecule has 0 radical (unpaired) electrons. The average Bonchev–Trinajstić information content (AvgIpc) is 3.06. The average molecular weight is 429 g/mol. The first-order valence-electron chi connectivity index (χ1n) is 10.8. The number of aromatic nitrogens is 3. The molecule has 0 aliphatic rings. The number of fused-ring (bicyclic) bond motifs is 1. The van der Waals surface area contributed by atoms with Gasteiger partial charge in [0.25, 0.3) is 5.56 Å². The van der Waals surface area contributed by atoms with E-state index in [-0.39, 0.29) is 23.9 Å². The van der Waals surface area contributed by atoms with Crippen LogP contribution in [0.2, 0.25) is 0 Å². The molecule has 2 aromatic carbocycles. The second-order valence-electron chi connectivity index (χ2n) is 8.37. The van der Waals surface area contributed by atoms with Crippen molar-refractivity contribution >= 4 is 16.9 Å². The third-order valence-corrected chi connectivity index (χ3v) is 6.06. The summed E-state index contributed by atoms with van der Waals surface area (Å²) < 4.78 is 3.38. The molecule has 2 aromatic heterocycles. The molecule has 0 spiro atoms. The Labute approximate surface area is 187 Å². The van der Waals surface area contributed by atoms with Crippen LogP contribution in [0, 0.1) is 20.8 Å². The molecule has 6 nitrogen and oxygen atoms in total. The number of hydrogen-bond acceptors (Lipinski definition) is 3. The summed E-state index contributed by atoms with van der Waals surface area (Å²) >= 11 is 0. The van der Waals surface area contributed by atoms with Crippen LogP contribution < -0.4 is 10.9 Å². The standard InChI is InChI=1S/C26H28N4O2/c1-17-10-12-22(13-11-17)30-20(4)19(3)24-25(30)28-16-29(26(24)32)15-23(31)27-14-18(2)21-8-6-5-7-9-21/h5-13,16,18H,14-15H2,1-4H3,(H,27,31)/t18-/m1/s1. The van der Waals surface area contributed by atoms with Crippen molar-refractivity contribution in [3.8, 4) is 5.69 Å². The molecule has 6 heteroatoms. The van der Waals surface area contributed by atoms with Gasteiger partial charge in [0.15, 0.2) is 5.65 Å². The van der Waals surface area contributed by atoms with Gasteiger partial charge in [-0.3, -0.25) is 18.7 Å². The largest absolute Gasteiger partial charge is 0.354 e. The van der Waals surface area contributed by atoms with Crippen molar-refractivity contribution in [3.63, 3.8) is 0 Å². The second kappa shape index (κ2) is 8.83. The molecule has 4 rings (SSSR count). The lowest BCUT2D eigenvalue weighted by molar-refractivity contribution is -0.121. The molecule has 1 amide bonds. The first-order valence-corrected chi connectivity index (χ1v) is 10.8. The van der Waals surface area contributed by atoms with E-state index in [2.05, 4.69) is 17.2 Å². The molecule has 1 N–H and O–H groups in total. The van der Waals surface area contributed by atoms with Gasteiger partial charge in [-0.2, -0.15) is 0 Å². The predicted molar refractivity (Wildman–Crippen MR) is 127 cm³/mol. The molecule has 4 aromatic rings. The normalized spacial score (nSPS) is 12.1. The molecule has 0 fully saturated rings. The highest BCUT2D eigenvalue weighted by molar-refractivity contribution is 5.83. The summed E-state index contributed by atoms with van der Waals surface area (Å²) in [5.74, 6) is -0.0192. The number of nitrogens with one attached hydrogen (secondary N) is 1. The Hall–Kier alpha value is -3.67. The summed E-state index contributed by atoms with van der Waals surface area (Å²) in [5, 5.41) is 3.49. The predicted octanol–water partition coefficient (Wildman–Crippen LogP) is 4.03. The number of nitrogens with zero attached hydrogens (tertiary/aromatic N) is 3. The van der Waals surface area contributed by atoms with Crippen molar-refractivity contribution in [2.75, 3.05) is 6.54 Å². The summed E-state index contributed by atoms with van der Waals surface area (Å²) in [6.07, 6.45) is 1.47. The van der Waals surface area contributed by atoms with E-state index >= 15 is 0 Å². The Morgan fingerprint density at radius 3 is 2.41 bits per heavy atom. The van der Waals surface area contributed by atoms with Gasteiger partial charge in [0.05, 0.1) is 5.39 Å². The molecule has 0 saturated heterocycles. The molecule has 0 saturated carbocycles. The van der Waals surface area contributed by atoms with Crippen LogP contribution in [-0.4, -0.2) is 26.6 Å². The van der Waals surface area contributed by atoms with E-state index in [0.717, 1.165) is 22.5 Å². The summed E-state index contributed by atoms with van der Waals surface area (Å²) in [7, 11) is 0. The number of aryl methyl sites for hydroxylation is 2. The first kappa shape index (κ1) is 21.6. The quantitative estimate of drug-likeness (QED) is 0.504. The maximum absolute atomic E-state index is 13.2. The number of carbonyl (C=O) groups excluding carboxylic acids is 1. The van der Waals surface area contributed by atoms with Crippen LogP contribution in [0.15, 0.2) is 65.7 Å². The lowest BCUT2D eigenvalue weighted by atomic mass is 10.0. The minimum Gasteiger partial charge on any atom is -0.354 e. The number of hydrogen-bond donors (Lipinski definition) is 1. The fourth-order valence-electron chi connectivity index (χ4n) is 3.99. The Balaban J connectivity index is 1.57. The van der Waals surface area contributed by atoms with E-state index in [1.807, 2.05) is 79.9 Å². The molecule has 0 aliphatic heterocycles. The van der Waals surface area contributed by atoms with Crippen molar-refractivity contribution < 1.29 is 4.79 Å². The number of carbonyl (C=O) groups is 1. The molecular weight excluding hydrogens is 400 g/mol. The van der Waals surface area contributed by atoms with E-state index in [1.54, 1.807) is 0 Å². The molecule has 0 unspecified atom stereocenters. The third kappa shape index (κ3) is 4.08. The van der Waals surface area contributed by atoms with Crippen LogP contribution in [0.3, 0.4) is 0 Å². The maximum Gasteiger partial charge on any atom is 0.263 e. The van der Waals surface area contributed by atoms with Crippen LogP contribution in [0.5, 0.6) is 0 Å². The fraction of sp³-hybridized carbons (Fsp3) is 0.269. The smallest absolute Gasteiger partial charge is 0.263 e. The summed E-state index contributed by atoms with van der Waals surface area (Å²) in [6, 6.07) is 18.2. The van der Waals surface area contributed by atoms with Gasteiger partial charge in [0.2, 0.25) is 5.91 Å². The number of amides is 1. The summed E-state index contributed by atoms with van der Waals surface area (Å²) in [4.78, 5) is 30.3. The van der Waals surface area contributed by atoms with Crippen molar-refractivity contribution in [1.29, 1.82) is 0 Å². The van der Waals surface area contributed by atoms with Gasteiger partial charge >= 0.3 is 0 Å². The van der Waals surface area contributed by atoms with E-state index in [0.29, 0.717) is 17.6 Å². The highest BCUT2D eigenvalue weighted by Crippen LogP contribution is 2.25. The van der Waals surface area contributed by atoms with Gasteiger partial charge in [-0.1, -0.05) is 55.0 Å². The lowest BCUT2D eigenvalue weighted by Crippen LogP contribution is -2.34. The zero-order valence-electron chi connectivity index (χ0n) is 18.9. The monoisotopic (exact) mass is 428 g/mol. The van der Waals surface area contributed by atoms with Gasteiger partial charge in [-0.05, 0) is 49.9 Å². The van der Waals surface area contributed by atoms with Gasteiger partial charge in [0.1, 0.15) is 12.9 Å². The van der Waals surface area contributed by atoms with Crippen LogP contribution >= 0.6 is 0 Å². The van der Waals surface area contributed by atoms with Gasteiger partial charge in [0, 0.05) is 17.9 Å². The molecule has 0 aliphatic carbocycles. The van der Waals surface area contributed by atoms with Crippen LogP contribution in [-0.2, 0) is 11.3 Å². The van der Waals surface area contributed by atoms with Gasteiger partial charge in [-0.15, -0.1) is 0 Å². The highest BCUT2D eigenvalue weighted by Gasteiger charge is 2.18. The molecule has 2 heterocycles. The SMILES string of the molecule is Cc1ccc(-n2c(C)c(C)c3c(=O)n(CC(=O)NC[C@@H](C)c4ccccc4)cnc32)cc1. The molecule has 1 atom stereocenters. The van der Waals surface area contributed by atoms with Crippen LogP contribution in [0.4, 0.5) is 0 Å². The van der Waals surface area contributed by atoms with E-state index in [9.17, 15) is 9.59 Å². The summed E-state index contributed by atoms with van der Waals surface area (Å²) in [5.41, 5.74) is 5.55. The molecule has 164 valence electrons. The lowest BCUT2D eigenvalue weighted by Gasteiger charge is -2.13. The Morgan fingerprint density at radius 1 is 1.03 bits per heavy atom. The number of benzene rings is 2. The van der Waals surface area contributed by atoms with E-state index in [4.69, 9.17) is 0 Å². The molecular formula is C26H28N4O2. The first-order chi connectivity index (χ1) is 15.4. The van der Waals surface area contributed by atoms with E-state index in [1.165, 1.54) is 16.5 Å². The third-order valence-electron chi connectivity index (χ3n) is 6.06. The fourth-order valence-corrected chi connectivity index (χ4v) is 3.99. The zero-order valence-corrected chi connectivity index (χ0v) is 18.9. The van der Waals surface area contributed by atoms with Gasteiger partial charge in [-0.25, -0.2) is 4.98 Å². The zero-order chi connectivity index (χ0) is 22.8. The minimum atomic E-state index is -0.205. The second-order valence-corrected chi connectivity index (χ2v) is 8.37. The van der Waals surface area contributed by atoms with Crippen LogP contribution in [0.25, 0.3) is 16.7 Å². The van der Waals surface area contributed by atoms with Crippen molar-refractivity contribution in [3.05, 3.63) is 93.7 Å².